The van der Waals surface area contributed by atoms with Gasteiger partial charge in [0, 0.05) is 51.9 Å². The molecular weight excluding hydrogens is 336 g/mol. The van der Waals surface area contributed by atoms with Crippen LogP contribution in [-0.4, -0.2) is 78.5 Å². The molecule has 1 aliphatic rings. The van der Waals surface area contributed by atoms with Crippen LogP contribution in [0.25, 0.3) is 0 Å². The summed E-state index contributed by atoms with van der Waals surface area (Å²) in [6, 6.07) is 5.09. The minimum atomic E-state index is -0.418. The number of likely N-dealkylation sites (N-methyl/N-ethyl adjacent to an activating group) is 1. The second kappa shape index (κ2) is 9.49. The molecule has 1 saturated heterocycles. The second-order valence-corrected chi connectivity index (χ2v) is 6.38. The van der Waals surface area contributed by atoms with E-state index < -0.39 is 4.92 Å². The van der Waals surface area contributed by atoms with E-state index in [2.05, 4.69) is 9.80 Å². The number of nitrogens with zero attached hydrogens (tertiary/aromatic N) is 4. The third-order valence-electron chi connectivity index (χ3n) is 4.79. The van der Waals surface area contributed by atoms with Crippen molar-refractivity contribution in [1.29, 1.82) is 0 Å². The molecule has 1 aromatic carbocycles. The normalized spacial score (nSPS) is 15.7. The molecule has 1 aliphatic heterocycles. The molecule has 8 heteroatoms. The molecule has 1 heterocycles. The Morgan fingerprint density at radius 1 is 1.19 bits per heavy atom. The smallest absolute Gasteiger partial charge is 0.311 e. The first kappa shape index (κ1) is 20.1. The van der Waals surface area contributed by atoms with Crippen LogP contribution in [-0.2, 0) is 11.3 Å². The number of nitro groups is 1. The van der Waals surface area contributed by atoms with Crippen molar-refractivity contribution in [2.24, 2.45) is 0 Å². The molecule has 8 nitrogen and oxygen atoms in total. The lowest BCUT2D eigenvalue weighted by Crippen LogP contribution is -2.49. The highest BCUT2D eigenvalue weighted by Crippen LogP contribution is 2.28. The molecule has 0 aliphatic carbocycles. The highest BCUT2D eigenvalue weighted by atomic mass is 16.6. The van der Waals surface area contributed by atoms with Crippen LogP contribution in [0.15, 0.2) is 18.2 Å². The summed E-state index contributed by atoms with van der Waals surface area (Å²) in [5, 5.41) is 11.1. The fraction of sp³-hybridized carbons (Fsp3) is 0.611. The minimum absolute atomic E-state index is 0.00606. The lowest BCUT2D eigenvalue weighted by atomic mass is 10.1. The van der Waals surface area contributed by atoms with Gasteiger partial charge in [0.25, 0.3) is 0 Å². The summed E-state index contributed by atoms with van der Waals surface area (Å²) in [4.78, 5) is 29.2. The number of hydrogen-bond acceptors (Lipinski definition) is 6. The maximum absolute atomic E-state index is 12.2. The number of nitro benzene ring substituents is 1. The number of hydrogen-bond donors (Lipinski definition) is 0. The van der Waals surface area contributed by atoms with E-state index in [4.69, 9.17) is 4.74 Å². The number of amides is 1. The summed E-state index contributed by atoms with van der Waals surface area (Å²) in [5.41, 5.74) is 0.888. The van der Waals surface area contributed by atoms with Crippen LogP contribution in [0, 0.1) is 10.1 Å². The van der Waals surface area contributed by atoms with E-state index in [-0.39, 0.29) is 17.3 Å². The Labute approximate surface area is 154 Å². The van der Waals surface area contributed by atoms with Crippen LogP contribution < -0.4 is 4.74 Å². The molecule has 0 bridgehead atoms. The zero-order valence-electron chi connectivity index (χ0n) is 15.8. The molecule has 0 spiro atoms. The molecule has 144 valence electrons. The van der Waals surface area contributed by atoms with E-state index in [1.54, 1.807) is 12.1 Å². The van der Waals surface area contributed by atoms with Gasteiger partial charge in [-0.2, -0.15) is 0 Å². The van der Waals surface area contributed by atoms with Crippen LogP contribution in [0.4, 0.5) is 5.69 Å². The van der Waals surface area contributed by atoms with Crippen molar-refractivity contribution in [3.05, 3.63) is 33.9 Å². The summed E-state index contributed by atoms with van der Waals surface area (Å²) in [6.07, 6.45) is 0. The third-order valence-corrected chi connectivity index (χ3v) is 4.79. The monoisotopic (exact) mass is 364 g/mol. The van der Waals surface area contributed by atoms with Gasteiger partial charge in [0.15, 0.2) is 5.75 Å². The number of piperazine rings is 1. The summed E-state index contributed by atoms with van der Waals surface area (Å²) < 4.78 is 5.04. The molecule has 1 fully saturated rings. The van der Waals surface area contributed by atoms with Gasteiger partial charge in [-0.15, -0.1) is 0 Å². The summed E-state index contributed by atoms with van der Waals surface area (Å²) in [5.74, 6) is 0.452. The highest BCUT2D eigenvalue weighted by molar-refractivity contribution is 5.78. The van der Waals surface area contributed by atoms with Crippen LogP contribution in [0.5, 0.6) is 5.75 Å². The van der Waals surface area contributed by atoms with Crippen molar-refractivity contribution in [2.75, 3.05) is 52.9 Å². The van der Waals surface area contributed by atoms with Crippen molar-refractivity contribution in [2.45, 2.75) is 20.4 Å². The van der Waals surface area contributed by atoms with E-state index >= 15 is 0 Å². The number of carbonyl (C=O) groups is 1. The molecule has 1 aromatic rings. The zero-order chi connectivity index (χ0) is 19.1. The Morgan fingerprint density at radius 2 is 1.81 bits per heavy atom. The molecule has 26 heavy (non-hydrogen) atoms. The van der Waals surface area contributed by atoms with E-state index in [0.29, 0.717) is 13.1 Å². The van der Waals surface area contributed by atoms with Crippen molar-refractivity contribution in [1.82, 2.24) is 14.7 Å². The number of rotatable bonds is 8. The van der Waals surface area contributed by atoms with Crippen molar-refractivity contribution in [3.63, 3.8) is 0 Å². The van der Waals surface area contributed by atoms with Gasteiger partial charge in [0.2, 0.25) is 5.91 Å². The van der Waals surface area contributed by atoms with Crippen molar-refractivity contribution >= 4 is 11.6 Å². The van der Waals surface area contributed by atoms with Gasteiger partial charge < -0.3 is 9.64 Å². The first-order valence-electron chi connectivity index (χ1n) is 9.02. The van der Waals surface area contributed by atoms with Gasteiger partial charge in [-0.3, -0.25) is 24.7 Å². The number of ether oxygens (including phenoxy) is 1. The molecular formula is C18H28N4O4. The second-order valence-electron chi connectivity index (χ2n) is 6.38. The minimum Gasteiger partial charge on any atom is -0.490 e. The van der Waals surface area contributed by atoms with E-state index in [0.717, 1.165) is 44.8 Å². The zero-order valence-corrected chi connectivity index (χ0v) is 15.8. The first-order chi connectivity index (χ1) is 12.5. The van der Waals surface area contributed by atoms with Crippen molar-refractivity contribution in [3.8, 4) is 5.75 Å². The lowest BCUT2D eigenvalue weighted by molar-refractivity contribution is -0.385. The van der Waals surface area contributed by atoms with E-state index in [1.165, 1.54) is 7.11 Å². The molecule has 0 radical (unpaired) electrons. The lowest BCUT2D eigenvalue weighted by Gasteiger charge is -2.35. The summed E-state index contributed by atoms with van der Waals surface area (Å²) >= 11 is 0. The average Bonchev–Trinajstić information content (AvgIpc) is 2.64. The molecule has 0 aromatic heterocycles. The van der Waals surface area contributed by atoms with Gasteiger partial charge in [-0.05, 0) is 25.5 Å². The number of benzene rings is 1. The largest absolute Gasteiger partial charge is 0.490 e. The molecule has 1 amide bonds. The average molecular weight is 364 g/mol. The van der Waals surface area contributed by atoms with Crippen LogP contribution in [0.2, 0.25) is 0 Å². The van der Waals surface area contributed by atoms with Gasteiger partial charge in [0.1, 0.15) is 0 Å². The Bertz CT molecular complexity index is 626. The Morgan fingerprint density at radius 3 is 2.35 bits per heavy atom. The Balaban J connectivity index is 1.88. The Kier molecular flexibility index (Phi) is 7.35. The van der Waals surface area contributed by atoms with Gasteiger partial charge >= 0.3 is 5.69 Å². The van der Waals surface area contributed by atoms with Gasteiger partial charge in [-0.1, -0.05) is 6.07 Å². The molecule has 0 N–H and O–H groups in total. The maximum atomic E-state index is 12.2. The van der Waals surface area contributed by atoms with E-state index in [9.17, 15) is 14.9 Å². The van der Waals surface area contributed by atoms with Crippen molar-refractivity contribution < 1.29 is 14.5 Å². The third kappa shape index (κ3) is 5.15. The quantitative estimate of drug-likeness (QED) is 0.515. The highest BCUT2D eigenvalue weighted by Gasteiger charge is 2.22. The van der Waals surface area contributed by atoms with Crippen LogP contribution in [0.3, 0.4) is 0 Å². The van der Waals surface area contributed by atoms with Crippen LogP contribution in [0.1, 0.15) is 19.4 Å². The number of carbonyl (C=O) groups excluding carboxylic acids is 1. The van der Waals surface area contributed by atoms with Crippen LogP contribution >= 0.6 is 0 Å². The fourth-order valence-corrected chi connectivity index (χ4v) is 3.21. The first-order valence-corrected chi connectivity index (χ1v) is 9.02. The number of methoxy groups -OCH3 is 1. The van der Waals surface area contributed by atoms with Gasteiger partial charge in [0.05, 0.1) is 18.6 Å². The Hall–Kier alpha value is -2.19. The molecule has 0 atom stereocenters. The SMILES string of the molecule is CCN(CC)C(=O)CN1CCN(Cc2ccc(OC)c([N+](=O)[O-])c2)CC1. The fourth-order valence-electron chi connectivity index (χ4n) is 3.21. The van der Waals surface area contributed by atoms with E-state index in [1.807, 2.05) is 24.8 Å². The molecule has 0 saturated carbocycles. The standard InChI is InChI=1S/C18H28N4O4/c1-4-21(5-2)18(23)14-20-10-8-19(9-11-20)13-15-6-7-17(26-3)16(12-15)22(24)25/h6-7,12H,4-5,8-11,13-14H2,1-3H3. The maximum Gasteiger partial charge on any atom is 0.311 e. The predicted molar refractivity (Wildman–Crippen MR) is 99.3 cm³/mol. The molecule has 2 rings (SSSR count). The summed E-state index contributed by atoms with van der Waals surface area (Å²) in [6.45, 7) is 9.91. The predicted octanol–water partition coefficient (Wildman–Crippen LogP) is 1.59. The topological polar surface area (TPSA) is 79.2 Å². The summed E-state index contributed by atoms with van der Waals surface area (Å²) in [7, 11) is 1.43. The van der Waals surface area contributed by atoms with Gasteiger partial charge in [-0.25, -0.2) is 0 Å². The molecule has 0 unspecified atom stereocenters.